The Morgan fingerprint density at radius 3 is 2.78 bits per heavy atom. The number of benzene rings is 1. The minimum atomic E-state index is 0.524. The summed E-state index contributed by atoms with van der Waals surface area (Å²) < 4.78 is 10.8. The lowest BCUT2D eigenvalue weighted by molar-refractivity contribution is 0.399. The van der Waals surface area contributed by atoms with E-state index in [0.29, 0.717) is 11.8 Å². The Labute approximate surface area is 104 Å². The van der Waals surface area contributed by atoms with Gasteiger partial charge in [-0.2, -0.15) is 0 Å². The Kier molecular flexibility index (Phi) is 2.48. The van der Waals surface area contributed by atoms with E-state index in [1.165, 1.54) is 0 Å². The molecule has 0 aliphatic heterocycles. The number of rotatable bonds is 2. The second kappa shape index (κ2) is 4.14. The molecular weight excluding hydrogens is 228 g/mol. The van der Waals surface area contributed by atoms with Crippen molar-refractivity contribution in [3.05, 3.63) is 42.3 Å². The van der Waals surface area contributed by atoms with E-state index in [2.05, 4.69) is 9.97 Å². The van der Waals surface area contributed by atoms with Crippen LogP contribution in [0.25, 0.3) is 22.4 Å². The highest BCUT2D eigenvalue weighted by Crippen LogP contribution is 2.30. The molecule has 0 unspecified atom stereocenters. The summed E-state index contributed by atoms with van der Waals surface area (Å²) in [7, 11) is 1.59. The number of hydrogen-bond donors (Lipinski definition) is 0. The fourth-order valence-corrected chi connectivity index (χ4v) is 1.89. The van der Waals surface area contributed by atoms with Gasteiger partial charge in [-0.05, 0) is 19.1 Å². The molecule has 0 spiro atoms. The Hall–Kier alpha value is -2.36. The topological polar surface area (TPSA) is 48.2 Å². The molecule has 18 heavy (non-hydrogen) atoms. The monoisotopic (exact) mass is 240 g/mol. The molecule has 1 aromatic carbocycles. The fourth-order valence-electron chi connectivity index (χ4n) is 1.89. The number of aryl methyl sites for hydroxylation is 1. The molecule has 3 rings (SSSR count). The molecule has 0 aliphatic rings. The average molecular weight is 240 g/mol. The average Bonchev–Trinajstić information content (AvgIpc) is 2.83. The van der Waals surface area contributed by atoms with Crippen molar-refractivity contribution in [2.45, 2.75) is 6.92 Å². The third kappa shape index (κ3) is 1.72. The van der Waals surface area contributed by atoms with Crippen LogP contribution in [-0.4, -0.2) is 17.1 Å². The van der Waals surface area contributed by atoms with E-state index < -0.39 is 0 Å². The Morgan fingerprint density at radius 1 is 1.22 bits per heavy atom. The summed E-state index contributed by atoms with van der Waals surface area (Å²) in [4.78, 5) is 8.67. The van der Waals surface area contributed by atoms with Crippen molar-refractivity contribution in [3.8, 4) is 17.3 Å². The summed E-state index contributed by atoms with van der Waals surface area (Å²) in [6, 6.07) is 9.85. The molecule has 2 heterocycles. The van der Waals surface area contributed by atoms with Crippen molar-refractivity contribution < 1.29 is 9.15 Å². The van der Waals surface area contributed by atoms with Crippen molar-refractivity contribution in [2.75, 3.05) is 7.11 Å². The van der Waals surface area contributed by atoms with Crippen LogP contribution < -0.4 is 4.74 Å². The molecule has 4 heteroatoms. The van der Waals surface area contributed by atoms with Crippen LogP contribution in [0.1, 0.15) is 5.76 Å². The number of pyridine rings is 1. The van der Waals surface area contributed by atoms with E-state index in [-0.39, 0.29) is 0 Å². The molecule has 0 N–H and O–H groups in total. The summed E-state index contributed by atoms with van der Waals surface area (Å²) in [6.07, 6.45) is 1.68. The molecule has 90 valence electrons. The highest BCUT2D eigenvalue weighted by Gasteiger charge is 2.13. The molecule has 0 amide bonds. The largest absolute Gasteiger partial charge is 0.480 e. The first-order valence-electron chi connectivity index (χ1n) is 5.64. The van der Waals surface area contributed by atoms with Gasteiger partial charge in [-0.3, -0.25) is 0 Å². The Balaban J connectivity index is 2.26. The molecule has 4 nitrogen and oxygen atoms in total. The lowest BCUT2D eigenvalue weighted by Crippen LogP contribution is -1.92. The maximum atomic E-state index is 5.53. The second-order valence-corrected chi connectivity index (χ2v) is 4.01. The SMILES string of the molecule is COc1nc2ccccc2cc1-c1ncc(C)o1. The fraction of sp³-hybridized carbons (Fsp3) is 0.143. The van der Waals surface area contributed by atoms with Crippen LogP contribution in [0.4, 0.5) is 0 Å². The first-order chi connectivity index (χ1) is 8.78. The van der Waals surface area contributed by atoms with Gasteiger partial charge in [0.2, 0.25) is 11.8 Å². The lowest BCUT2D eigenvalue weighted by atomic mass is 10.1. The molecule has 0 atom stereocenters. The van der Waals surface area contributed by atoms with Crippen molar-refractivity contribution in [3.63, 3.8) is 0 Å². The van der Waals surface area contributed by atoms with E-state index in [4.69, 9.17) is 9.15 Å². The van der Waals surface area contributed by atoms with Crippen LogP contribution >= 0.6 is 0 Å². The molecule has 2 aromatic heterocycles. The van der Waals surface area contributed by atoms with Crippen molar-refractivity contribution >= 4 is 10.9 Å². The number of para-hydroxylation sites is 1. The van der Waals surface area contributed by atoms with E-state index in [1.807, 2.05) is 37.3 Å². The molecule has 0 bridgehead atoms. The molecular formula is C14H12N2O2. The van der Waals surface area contributed by atoms with Gasteiger partial charge in [-0.1, -0.05) is 18.2 Å². The standard InChI is InChI=1S/C14H12N2O2/c1-9-8-15-13(18-9)11-7-10-5-3-4-6-12(10)16-14(11)17-2/h3-8H,1-2H3. The smallest absolute Gasteiger partial charge is 0.231 e. The lowest BCUT2D eigenvalue weighted by Gasteiger charge is -2.06. The molecule has 0 radical (unpaired) electrons. The minimum Gasteiger partial charge on any atom is -0.480 e. The molecule has 0 aliphatic carbocycles. The predicted molar refractivity (Wildman–Crippen MR) is 68.5 cm³/mol. The first-order valence-corrected chi connectivity index (χ1v) is 5.64. The van der Waals surface area contributed by atoms with Crippen LogP contribution in [0.15, 0.2) is 40.9 Å². The Bertz CT molecular complexity index is 704. The van der Waals surface area contributed by atoms with Gasteiger partial charge in [0.15, 0.2) is 0 Å². The zero-order valence-corrected chi connectivity index (χ0v) is 10.2. The van der Waals surface area contributed by atoms with Crippen molar-refractivity contribution in [2.24, 2.45) is 0 Å². The summed E-state index contributed by atoms with van der Waals surface area (Å²) in [5, 5.41) is 1.03. The molecule has 0 fully saturated rings. The summed E-state index contributed by atoms with van der Waals surface area (Å²) >= 11 is 0. The van der Waals surface area contributed by atoms with E-state index in [1.54, 1.807) is 13.3 Å². The van der Waals surface area contributed by atoms with Gasteiger partial charge in [0.25, 0.3) is 0 Å². The number of nitrogens with zero attached hydrogens (tertiary/aromatic N) is 2. The third-order valence-electron chi connectivity index (χ3n) is 2.73. The van der Waals surface area contributed by atoms with Gasteiger partial charge < -0.3 is 9.15 Å². The van der Waals surface area contributed by atoms with Gasteiger partial charge in [-0.15, -0.1) is 0 Å². The first kappa shape index (κ1) is 10.8. The van der Waals surface area contributed by atoms with Crippen molar-refractivity contribution in [1.82, 2.24) is 9.97 Å². The van der Waals surface area contributed by atoms with E-state index in [0.717, 1.165) is 22.2 Å². The minimum absolute atomic E-state index is 0.524. The number of ether oxygens (including phenoxy) is 1. The van der Waals surface area contributed by atoms with Crippen LogP contribution in [0.2, 0.25) is 0 Å². The van der Waals surface area contributed by atoms with Crippen LogP contribution in [0, 0.1) is 6.92 Å². The highest BCUT2D eigenvalue weighted by atomic mass is 16.5. The molecule has 3 aromatic rings. The van der Waals surface area contributed by atoms with Crippen molar-refractivity contribution in [1.29, 1.82) is 0 Å². The van der Waals surface area contributed by atoms with E-state index >= 15 is 0 Å². The van der Waals surface area contributed by atoms with Gasteiger partial charge >= 0.3 is 0 Å². The summed E-state index contributed by atoms with van der Waals surface area (Å²) in [5.74, 6) is 1.82. The maximum Gasteiger partial charge on any atom is 0.231 e. The second-order valence-electron chi connectivity index (χ2n) is 4.01. The summed E-state index contributed by atoms with van der Waals surface area (Å²) in [6.45, 7) is 1.86. The number of oxazole rings is 1. The predicted octanol–water partition coefficient (Wildman–Crippen LogP) is 3.21. The quantitative estimate of drug-likeness (QED) is 0.690. The van der Waals surface area contributed by atoms with Gasteiger partial charge in [0.1, 0.15) is 5.76 Å². The zero-order chi connectivity index (χ0) is 12.5. The van der Waals surface area contributed by atoms with Gasteiger partial charge in [0.05, 0.1) is 24.4 Å². The molecule has 0 saturated carbocycles. The highest BCUT2D eigenvalue weighted by molar-refractivity contribution is 5.84. The summed E-state index contributed by atoms with van der Waals surface area (Å²) in [5.41, 5.74) is 1.66. The van der Waals surface area contributed by atoms with Crippen LogP contribution in [0.3, 0.4) is 0 Å². The zero-order valence-electron chi connectivity index (χ0n) is 10.2. The number of hydrogen-bond acceptors (Lipinski definition) is 4. The number of aromatic nitrogens is 2. The molecule has 0 saturated heterocycles. The van der Waals surface area contributed by atoms with E-state index in [9.17, 15) is 0 Å². The third-order valence-corrected chi connectivity index (χ3v) is 2.73. The van der Waals surface area contributed by atoms with Gasteiger partial charge in [0, 0.05) is 5.39 Å². The maximum absolute atomic E-state index is 5.53. The van der Waals surface area contributed by atoms with Crippen LogP contribution in [-0.2, 0) is 0 Å². The number of methoxy groups -OCH3 is 1. The normalized spacial score (nSPS) is 10.8. The Morgan fingerprint density at radius 2 is 2.06 bits per heavy atom. The van der Waals surface area contributed by atoms with Gasteiger partial charge in [-0.25, -0.2) is 9.97 Å². The van der Waals surface area contributed by atoms with Crippen LogP contribution in [0.5, 0.6) is 5.88 Å². The number of fused-ring (bicyclic) bond motifs is 1.